The number of hydrogen-bond acceptors (Lipinski definition) is 4. The normalized spacial score (nSPS) is 17.0. The Morgan fingerprint density at radius 1 is 1.16 bits per heavy atom. The summed E-state index contributed by atoms with van der Waals surface area (Å²) in [5.74, 6) is -0.0717. The summed E-state index contributed by atoms with van der Waals surface area (Å²) in [6, 6.07) is -0.520. The maximum atomic E-state index is 12.1. The highest BCUT2D eigenvalue weighted by Gasteiger charge is 2.26. The summed E-state index contributed by atoms with van der Waals surface area (Å²) in [5.41, 5.74) is 0. The third-order valence-electron chi connectivity index (χ3n) is 4.59. The fourth-order valence-corrected chi connectivity index (χ4v) is 3.02. The van der Waals surface area contributed by atoms with Crippen molar-refractivity contribution >= 4 is 17.7 Å². The first-order valence-corrected chi connectivity index (χ1v) is 9.35. The van der Waals surface area contributed by atoms with E-state index in [2.05, 4.69) is 17.6 Å². The zero-order chi connectivity index (χ0) is 18.8. The van der Waals surface area contributed by atoms with Gasteiger partial charge in [-0.25, -0.2) is 0 Å². The van der Waals surface area contributed by atoms with Crippen LogP contribution in [-0.2, 0) is 14.4 Å². The molecule has 0 saturated carbocycles. The van der Waals surface area contributed by atoms with Crippen LogP contribution < -0.4 is 10.6 Å². The van der Waals surface area contributed by atoms with Crippen LogP contribution in [0.1, 0.15) is 46.0 Å². The molecule has 1 rings (SSSR count). The van der Waals surface area contributed by atoms with Crippen LogP contribution >= 0.6 is 0 Å². The van der Waals surface area contributed by atoms with Crippen LogP contribution in [0.4, 0.5) is 0 Å². The van der Waals surface area contributed by atoms with E-state index in [0.29, 0.717) is 0 Å². The Hall–Kier alpha value is -1.63. The number of likely N-dealkylation sites (N-methyl/N-ethyl adjacent to an activating group) is 1. The molecule has 0 spiro atoms. The number of hydrogen-bond donors (Lipinski definition) is 2. The number of carbonyl (C=O) groups is 3. The second-order valence-corrected chi connectivity index (χ2v) is 7.07. The molecule has 0 aromatic rings. The molecule has 25 heavy (non-hydrogen) atoms. The van der Waals surface area contributed by atoms with Crippen molar-refractivity contribution < 1.29 is 14.4 Å². The Kier molecular flexibility index (Phi) is 9.49. The summed E-state index contributed by atoms with van der Waals surface area (Å²) in [6.07, 6.45) is 4.88. The summed E-state index contributed by atoms with van der Waals surface area (Å²) in [4.78, 5) is 39.5. The highest BCUT2D eigenvalue weighted by molar-refractivity contribution is 5.87. The van der Waals surface area contributed by atoms with Crippen LogP contribution in [0.2, 0.25) is 0 Å². The number of nitrogens with zero attached hydrogens (tertiary/aromatic N) is 2. The SMILES string of the molecule is CCCCCNC(=O)C1CCN(CC(=O)NC(C)C(=O)N(C)C)CC1. The number of rotatable bonds is 9. The molecular weight excluding hydrogens is 320 g/mol. The first-order valence-electron chi connectivity index (χ1n) is 9.35. The molecule has 1 unspecified atom stereocenters. The van der Waals surface area contributed by atoms with Gasteiger partial charge in [0, 0.05) is 26.6 Å². The standard InChI is InChI=1S/C18H34N4O3/c1-5-6-7-10-19-17(24)15-8-11-22(12-9-15)13-16(23)20-14(2)18(25)21(3)4/h14-15H,5-13H2,1-4H3,(H,19,24)(H,20,23). The molecular formula is C18H34N4O3. The van der Waals surface area contributed by atoms with Gasteiger partial charge in [-0.05, 0) is 39.3 Å². The van der Waals surface area contributed by atoms with Crippen LogP contribution in [0.3, 0.4) is 0 Å². The van der Waals surface area contributed by atoms with Gasteiger partial charge < -0.3 is 15.5 Å². The van der Waals surface area contributed by atoms with Crippen LogP contribution in [0.15, 0.2) is 0 Å². The average molecular weight is 354 g/mol. The predicted octanol–water partition coefficient (Wildman–Crippen LogP) is 0.598. The van der Waals surface area contributed by atoms with Gasteiger partial charge in [0.2, 0.25) is 17.7 Å². The number of amides is 3. The molecule has 0 aromatic heterocycles. The average Bonchev–Trinajstić information content (AvgIpc) is 2.58. The lowest BCUT2D eigenvalue weighted by molar-refractivity contribution is -0.134. The van der Waals surface area contributed by atoms with Crippen LogP contribution in [0, 0.1) is 5.92 Å². The minimum Gasteiger partial charge on any atom is -0.356 e. The molecule has 7 heteroatoms. The summed E-state index contributed by atoms with van der Waals surface area (Å²) >= 11 is 0. The van der Waals surface area contributed by atoms with Gasteiger partial charge in [0.05, 0.1) is 6.54 Å². The molecule has 1 aliphatic heterocycles. The summed E-state index contributed by atoms with van der Waals surface area (Å²) < 4.78 is 0. The fraction of sp³-hybridized carbons (Fsp3) is 0.833. The number of unbranched alkanes of at least 4 members (excludes halogenated alkanes) is 2. The zero-order valence-corrected chi connectivity index (χ0v) is 16.1. The number of piperidine rings is 1. The van der Waals surface area contributed by atoms with Gasteiger partial charge in [0.15, 0.2) is 0 Å². The van der Waals surface area contributed by atoms with E-state index in [1.165, 1.54) is 4.90 Å². The molecule has 2 N–H and O–H groups in total. The van der Waals surface area contributed by atoms with Gasteiger partial charge in [0.25, 0.3) is 0 Å². The van der Waals surface area contributed by atoms with Gasteiger partial charge in [0.1, 0.15) is 6.04 Å². The molecule has 1 aliphatic rings. The van der Waals surface area contributed by atoms with E-state index in [1.807, 2.05) is 4.90 Å². The molecule has 3 amide bonds. The Balaban J connectivity index is 2.26. The molecule has 0 aromatic carbocycles. The molecule has 1 heterocycles. The van der Waals surface area contributed by atoms with Gasteiger partial charge in [-0.15, -0.1) is 0 Å². The molecule has 7 nitrogen and oxygen atoms in total. The quantitative estimate of drug-likeness (QED) is 0.594. The summed E-state index contributed by atoms with van der Waals surface area (Å²) in [6.45, 7) is 6.33. The van der Waals surface area contributed by atoms with Crippen molar-refractivity contribution in [2.45, 2.75) is 52.0 Å². The van der Waals surface area contributed by atoms with Crippen molar-refractivity contribution in [1.82, 2.24) is 20.4 Å². The van der Waals surface area contributed by atoms with Crippen molar-refractivity contribution in [3.63, 3.8) is 0 Å². The largest absolute Gasteiger partial charge is 0.356 e. The highest BCUT2D eigenvalue weighted by Crippen LogP contribution is 2.17. The molecule has 0 radical (unpaired) electrons. The number of carbonyl (C=O) groups excluding carboxylic acids is 3. The first-order chi connectivity index (χ1) is 11.8. The van der Waals surface area contributed by atoms with E-state index in [9.17, 15) is 14.4 Å². The number of nitrogens with one attached hydrogen (secondary N) is 2. The van der Waals surface area contributed by atoms with Gasteiger partial charge >= 0.3 is 0 Å². The second kappa shape index (κ2) is 11.1. The molecule has 1 saturated heterocycles. The Morgan fingerprint density at radius 3 is 2.36 bits per heavy atom. The molecule has 0 bridgehead atoms. The Bertz CT molecular complexity index is 446. The van der Waals surface area contributed by atoms with E-state index < -0.39 is 6.04 Å². The molecule has 1 fully saturated rings. The highest BCUT2D eigenvalue weighted by atomic mass is 16.2. The summed E-state index contributed by atoms with van der Waals surface area (Å²) in [5, 5.41) is 5.74. The molecule has 144 valence electrons. The lowest BCUT2D eigenvalue weighted by Crippen LogP contribution is -2.49. The van der Waals surface area contributed by atoms with Crippen molar-refractivity contribution in [1.29, 1.82) is 0 Å². The minimum atomic E-state index is -0.520. The third-order valence-corrected chi connectivity index (χ3v) is 4.59. The lowest BCUT2D eigenvalue weighted by atomic mass is 9.96. The third kappa shape index (κ3) is 7.86. The second-order valence-electron chi connectivity index (χ2n) is 7.07. The Morgan fingerprint density at radius 2 is 1.80 bits per heavy atom. The zero-order valence-electron chi connectivity index (χ0n) is 16.1. The van der Waals surface area contributed by atoms with Gasteiger partial charge in [-0.2, -0.15) is 0 Å². The summed E-state index contributed by atoms with van der Waals surface area (Å²) in [7, 11) is 3.34. The van der Waals surface area contributed by atoms with Gasteiger partial charge in [-0.1, -0.05) is 19.8 Å². The van der Waals surface area contributed by atoms with Crippen molar-refractivity contribution in [2.75, 3.05) is 40.3 Å². The fourth-order valence-electron chi connectivity index (χ4n) is 3.02. The van der Waals surface area contributed by atoms with Crippen molar-refractivity contribution in [3.05, 3.63) is 0 Å². The van der Waals surface area contributed by atoms with E-state index in [0.717, 1.165) is 51.7 Å². The maximum absolute atomic E-state index is 12.1. The predicted molar refractivity (Wildman–Crippen MR) is 98.0 cm³/mol. The molecule has 0 aliphatic carbocycles. The lowest BCUT2D eigenvalue weighted by Gasteiger charge is -2.31. The maximum Gasteiger partial charge on any atom is 0.244 e. The molecule has 1 atom stereocenters. The minimum absolute atomic E-state index is 0.0511. The van der Waals surface area contributed by atoms with Crippen molar-refractivity contribution in [3.8, 4) is 0 Å². The Labute approximate surface area is 151 Å². The van der Waals surface area contributed by atoms with Crippen molar-refractivity contribution in [2.24, 2.45) is 5.92 Å². The van der Waals surface area contributed by atoms with Gasteiger partial charge in [-0.3, -0.25) is 19.3 Å². The van der Waals surface area contributed by atoms with E-state index in [-0.39, 0.29) is 30.2 Å². The van der Waals surface area contributed by atoms with Crippen LogP contribution in [0.5, 0.6) is 0 Å². The smallest absolute Gasteiger partial charge is 0.244 e. The monoisotopic (exact) mass is 354 g/mol. The van der Waals surface area contributed by atoms with E-state index >= 15 is 0 Å². The van der Waals surface area contributed by atoms with Crippen LogP contribution in [0.25, 0.3) is 0 Å². The topological polar surface area (TPSA) is 81.8 Å². The van der Waals surface area contributed by atoms with E-state index in [4.69, 9.17) is 0 Å². The van der Waals surface area contributed by atoms with Crippen LogP contribution in [-0.4, -0.2) is 73.8 Å². The number of likely N-dealkylation sites (tertiary alicyclic amines) is 1. The van der Waals surface area contributed by atoms with E-state index in [1.54, 1.807) is 21.0 Å². The first kappa shape index (κ1) is 21.4.